The van der Waals surface area contributed by atoms with Crippen molar-refractivity contribution in [1.29, 1.82) is 0 Å². The van der Waals surface area contributed by atoms with Gasteiger partial charge in [0, 0.05) is 17.8 Å². The third-order valence-electron chi connectivity index (χ3n) is 4.09. The molecule has 0 bridgehead atoms. The lowest BCUT2D eigenvalue weighted by atomic mass is 9.85. The number of halogens is 1. The smallest absolute Gasteiger partial charge is 0.258 e. The van der Waals surface area contributed by atoms with E-state index >= 15 is 0 Å². The van der Waals surface area contributed by atoms with Crippen molar-refractivity contribution < 1.29 is 9.13 Å². The third-order valence-corrected chi connectivity index (χ3v) is 4.09. The van der Waals surface area contributed by atoms with Gasteiger partial charge in [-0.05, 0) is 30.0 Å². The standard InChI is InChI=1S/C20H21FN2O2/c1-13-8-9-15(20(2,3)4)19(18(13)21)25-12-14-11-17(24)23-10-6-5-7-16(23)22-14/h5-11H,12H2,1-4H3. The molecule has 1 aromatic carbocycles. The molecule has 130 valence electrons. The zero-order valence-electron chi connectivity index (χ0n) is 14.8. The maximum Gasteiger partial charge on any atom is 0.258 e. The van der Waals surface area contributed by atoms with Crippen molar-refractivity contribution in [2.45, 2.75) is 39.7 Å². The van der Waals surface area contributed by atoms with E-state index in [2.05, 4.69) is 4.98 Å². The summed E-state index contributed by atoms with van der Waals surface area (Å²) in [4.78, 5) is 16.6. The minimum atomic E-state index is -0.370. The molecule has 0 saturated heterocycles. The van der Waals surface area contributed by atoms with Crippen molar-refractivity contribution >= 4 is 5.65 Å². The van der Waals surface area contributed by atoms with Gasteiger partial charge in [0.25, 0.3) is 5.56 Å². The van der Waals surface area contributed by atoms with E-state index in [9.17, 15) is 9.18 Å². The van der Waals surface area contributed by atoms with Gasteiger partial charge in [0.2, 0.25) is 0 Å². The summed E-state index contributed by atoms with van der Waals surface area (Å²) in [5, 5.41) is 0. The predicted octanol–water partition coefficient (Wildman–Crippen LogP) is 4.02. The van der Waals surface area contributed by atoms with Crippen molar-refractivity contribution in [2.24, 2.45) is 0 Å². The largest absolute Gasteiger partial charge is 0.484 e. The molecule has 0 N–H and O–H groups in total. The first-order chi connectivity index (χ1) is 11.8. The van der Waals surface area contributed by atoms with Crippen LogP contribution in [0.1, 0.15) is 37.6 Å². The lowest BCUT2D eigenvalue weighted by molar-refractivity contribution is 0.276. The van der Waals surface area contributed by atoms with Crippen molar-refractivity contribution in [3.8, 4) is 5.75 Å². The topological polar surface area (TPSA) is 43.6 Å². The first kappa shape index (κ1) is 17.1. The molecule has 3 rings (SSSR count). The minimum absolute atomic E-state index is 0.0318. The fourth-order valence-electron chi connectivity index (χ4n) is 2.71. The van der Waals surface area contributed by atoms with Gasteiger partial charge in [0.05, 0.1) is 5.69 Å². The Morgan fingerprint density at radius 3 is 2.68 bits per heavy atom. The molecule has 0 saturated carbocycles. The Morgan fingerprint density at radius 2 is 1.96 bits per heavy atom. The van der Waals surface area contributed by atoms with Crippen LogP contribution in [0, 0.1) is 12.7 Å². The number of fused-ring (bicyclic) bond motifs is 1. The maximum absolute atomic E-state index is 14.6. The van der Waals surface area contributed by atoms with Crippen molar-refractivity contribution in [2.75, 3.05) is 0 Å². The second kappa shape index (κ2) is 6.31. The van der Waals surface area contributed by atoms with Crippen molar-refractivity contribution in [3.05, 3.63) is 75.6 Å². The molecule has 25 heavy (non-hydrogen) atoms. The lowest BCUT2D eigenvalue weighted by Gasteiger charge is -2.23. The number of rotatable bonds is 3. The maximum atomic E-state index is 14.6. The summed E-state index contributed by atoms with van der Waals surface area (Å²) >= 11 is 0. The van der Waals surface area contributed by atoms with Crippen molar-refractivity contribution in [3.63, 3.8) is 0 Å². The number of aryl methyl sites for hydroxylation is 1. The number of ether oxygens (including phenoxy) is 1. The zero-order chi connectivity index (χ0) is 18.2. The van der Waals surface area contributed by atoms with E-state index in [4.69, 9.17) is 4.74 Å². The lowest BCUT2D eigenvalue weighted by Crippen LogP contribution is -2.18. The van der Waals surface area contributed by atoms with Crippen molar-refractivity contribution in [1.82, 2.24) is 9.38 Å². The summed E-state index contributed by atoms with van der Waals surface area (Å²) in [7, 11) is 0. The van der Waals surface area contributed by atoms with Gasteiger partial charge in [0.15, 0.2) is 11.6 Å². The highest BCUT2D eigenvalue weighted by Crippen LogP contribution is 2.35. The number of hydrogen-bond donors (Lipinski definition) is 0. The van der Waals surface area contributed by atoms with E-state index in [1.807, 2.05) is 32.9 Å². The summed E-state index contributed by atoms with van der Waals surface area (Å²) in [6.45, 7) is 7.75. The van der Waals surface area contributed by atoms with E-state index < -0.39 is 0 Å². The Hall–Kier alpha value is -2.69. The molecule has 2 aromatic heterocycles. The number of benzene rings is 1. The number of pyridine rings is 1. The van der Waals surface area contributed by atoms with E-state index in [1.165, 1.54) is 10.5 Å². The molecule has 0 aliphatic rings. The molecule has 0 aliphatic heterocycles. The van der Waals surface area contributed by atoms with Crippen LogP contribution in [0.25, 0.3) is 5.65 Å². The summed E-state index contributed by atoms with van der Waals surface area (Å²) in [6, 6.07) is 10.4. The summed E-state index contributed by atoms with van der Waals surface area (Å²) in [6.07, 6.45) is 1.66. The Kier molecular flexibility index (Phi) is 4.33. The molecular formula is C20H21FN2O2. The van der Waals surface area contributed by atoms with Gasteiger partial charge in [-0.25, -0.2) is 9.37 Å². The SMILES string of the molecule is Cc1ccc(C(C)(C)C)c(OCc2cc(=O)n3ccccc3n2)c1F. The molecule has 0 atom stereocenters. The fourth-order valence-corrected chi connectivity index (χ4v) is 2.71. The molecule has 0 spiro atoms. The minimum Gasteiger partial charge on any atom is -0.484 e. The Morgan fingerprint density at radius 1 is 1.20 bits per heavy atom. The van der Waals surface area contributed by atoms with Crippen LogP contribution in [-0.2, 0) is 12.0 Å². The zero-order valence-corrected chi connectivity index (χ0v) is 14.8. The Bertz CT molecular complexity index is 987. The van der Waals surface area contributed by atoms with Gasteiger partial charge in [-0.2, -0.15) is 0 Å². The Labute approximate surface area is 145 Å². The first-order valence-corrected chi connectivity index (χ1v) is 8.17. The second-order valence-electron chi connectivity index (χ2n) is 7.13. The predicted molar refractivity (Wildman–Crippen MR) is 95.6 cm³/mol. The third kappa shape index (κ3) is 3.40. The van der Waals surface area contributed by atoms with Gasteiger partial charge in [-0.15, -0.1) is 0 Å². The quantitative estimate of drug-likeness (QED) is 0.723. The monoisotopic (exact) mass is 340 g/mol. The average molecular weight is 340 g/mol. The average Bonchev–Trinajstić information content (AvgIpc) is 2.55. The van der Waals surface area contributed by atoms with Crippen LogP contribution < -0.4 is 10.3 Å². The molecule has 0 amide bonds. The molecule has 0 unspecified atom stereocenters. The van der Waals surface area contributed by atoms with Crippen LogP contribution >= 0.6 is 0 Å². The number of aromatic nitrogens is 2. The molecule has 0 fully saturated rings. The summed E-state index contributed by atoms with van der Waals surface area (Å²) in [5.74, 6) is -0.146. The summed E-state index contributed by atoms with van der Waals surface area (Å²) in [5.41, 5.74) is 1.86. The molecule has 2 heterocycles. The van der Waals surface area contributed by atoms with Crippen LogP contribution in [0.3, 0.4) is 0 Å². The van der Waals surface area contributed by atoms with Crippen LogP contribution in [0.15, 0.2) is 47.4 Å². The first-order valence-electron chi connectivity index (χ1n) is 8.17. The molecule has 5 heteroatoms. The van der Waals surface area contributed by atoms with E-state index in [1.54, 1.807) is 31.3 Å². The molecule has 0 aliphatic carbocycles. The molecular weight excluding hydrogens is 319 g/mol. The van der Waals surface area contributed by atoms with Crippen LogP contribution in [0.5, 0.6) is 5.75 Å². The van der Waals surface area contributed by atoms with Gasteiger partial charge < -0.3 is 4.74 Å². The van der Waals surface area contributed by atoms with Gasteiger partial charge in [-0.1, -0.05) is 39.0 Å². The number of hydrogen-bond acceptors (Lipinski definition) is 3. The molecule has 4 nitrogen and oxygen atoms in total. The van der Waals surface area contributed by atoms with Crippen LogP contribution in [0.2, 0.25) is 0 Å². The highest BCUT2D eigenvalue weighted by atomic mass is 19.1. The van der Waals surface area contributed by atoms with E-state index in [0.29, 0.717) is 16.9 Å². The number of nitrogens with zero attached hydrogens (tertiary/aromatic N) is 2. The van der Waals surface area contributed by atoms with Gasteiger partial charge in [-0.3, -0.25) is 9.20 Å². The second-order valence-corrected chi connectivity index (χ2v) is 7.13. The highest BCUT2D eigenvalue weighted by molar-refractivity contribution is 5.43. The normalized spacial score (nSPS) is 11.7. The summed E-state index contributed by atoms with van der Waals surface area (Å²) < 4.78 is 21.9. The van der Waals surface area contributed by atoms with Crippen LogP contribution in [0.4, 0.5) is 4.39 Å². The molecule has 0 radical (unpaired) electrons. The fraction of sp³-hybridized carbons (Fsp3) is 0.300. The highest BCUT2D eigenvalue weighted by Gasteiger charge is 2.23. The van der Waals surface area contributed by atoms with E-state index in [-0.39, 0.29) is 29.1 Å². The molecule has 3 aromatic rings. The van der Waals surface area contributed by atoms with Crippen LogP contribution in [-0.4, -0.2) is 9.38 Å². The van der Waals surface area contributed by atoms with Gasteiger partial charge in [0.1, 0.15) is 12.3 Å². The van der Waals surface area contributed by atoms with E-state index in [0.717, 1.165) is 5.56 Å². The Balaban J connectivity index is 1.97. The van der Waals surface area contributed by atoms with Gasteiger partial charge >= 0.3 is 0 Å².